The second-order valence-corrected chi connectivity index (χ2v) is 6.85. The van der Waals surface area contributed by atoms with Crippen LogP contribution in [0.15, 0.2) is 42.6 Å². The van der Waals surface area contributed by atoms with Crippen LogP contribution < -0.4 is 10.5 Å². The molecule has 0 aliphatic carbocycles. The Morgan fingerprint density at radius 2 is 1.93 bits per heavy atom. The summed E-state index contributed by atoms with van der Waals surface area (Å²) in [6.07, 6.45) is -0.212. The molecular formula is C20H17Cl2FN3O2. The average molecular weight is 421 g/mol. The molecule has 1 radical (unpaired) electrons. The fourth-order valence-electron chi connectivity index (χ4n) is 2.76. The number of nitrogen functional groups attached to an aromatic ring is 1. The van der Waals surface area contributed by atoms with Crippen LogP contribution in [0.3, 0.4) is 0 Å². The summed E-state index contributed by atoms with van der Waals surface area (Å²) >= 11 is 12.2. The fraction of sp³-hybridized carbons (Fsp3) is 0.150. The first-order valence-corrected chi connectivity index (χ1v) is 9.08. The van der Waals surface area contributed by atoms with Gasteiger partial charge in [-0.25, -0.2) is 14.4 Å². The number of aliphatic hydroxyl groups excluding tert-OH is 1. The lowest BCUT2D eigenvalue weighted by atomic mass is 10.0. The first-order valence-electron chi connectivity index (χ1n) is 8.32. The van der Waals surface area contributed by atoms with Gasteiger partial charge in [-0.1, -0.05) is 47.5 Å². The van der Waals surface area contributed by atoms with Crippen LogP contribution in [0.25, 0.3) is 11.3 Å². The molecule has 8 heteroatoms. The van der Waals surface area contributed by atoms with Crippen molar-refractivity contribution in [1.29, 1.82) is 0 Å². The number of ether oxygens (including phenoxy) is 1. The molecular weight excluding hydrogens is 404 g/mol. The Balaban J connectivity index is 1.99. The van der Waals surface area contributed by atoms with E-state index in [1.807, 2.05) is 0 Å². The molecule has 2 atom stereocenters. The first kappa shape index (κ1) is 20.3. The summed E-state index contributed by atoms with van der Waals surface area (Å²) in [5.74, 6) is -0.524. The van der Waals surface area contributed by atoms with Gasteiger partial charge in [-0.3, -0.25) is 0 Å². The van der Waals surface area contributed by atoms with E-state index in [4.69, 9.17) is 33.7 Å². The van der Waals surface area contributed by atoms with E-state index in [2.05, 4.69) is 16.9 Å². The van der Waals surface area contributed by atoms with Gasteiger partial charge in [-0.05, 0) is 31.5 Å². The molecule has 1 heterocycles. The number of hydrogen-bond acceptors (Lipinski definition) is 5. The van der Waals surface area contributed by atoms with Gasteiger partial charge in [0.05, 0.1) is 23.0 Å². The lowest BCUT2D eigenvalue weighted by Crippen LogP contribution is -2.10. The Morgan fingerprint density at radius 1 is 1.21 bits per heavy atom. The van der Waals surface area contributed by atoms with Gasteiger partial charge in [0.2, 0.25) is 0 Å². The Kier molecular flexibility index (Phi) is 6.03. The molecule has 2 unspecified atom stereocenters. The molecule has 0 spiro atoms. The van der Waals surface area contributed by atoms with Gasteiger partial charge in [-0.15, -0.1) is 0 Å². The molecule has 0 fully saturated rings. The fourth-order valence-corrected chi connectivity index (χ4v) is 3.44. The molecule has 28 heavy (non-hydrogen) atoms. The molecule has 5 nitrogen and oxygen atoms in total. The lowest BCUT2D eigenvalue weighted by molar-refractivity contribution is 0.218. The monoisotopic (exact) mass is 420 g/mol. The highest BCUT2D eigenvalue weighted by Crippen LogP contribution is 2.36. The quantitative estimate of drug-likeness (QED) is 0.555. The van der Waals surface area contributed by atoms with Crippen LogP contribution in [0.4, 0.5) is 10.2 Å². The predicted octanol–water partition coefficient (Wildman–Crippen LogP) is 5.18. The average Bonchev–Trinajstić information content (AvgIpc) is 2.67. The van der Waals surface area contributed by atoms with E-state index in [0.717, 1.165) is 0 Å². The van der Waals surface area contributed by atoms with E-state index in [1.165, 1.54) is 18.3 Å². The van der Waals surface area contributed by atoms with Crippen molar-refractivity contribution in [2.24, 2.45) is 0 Å². The third kappa shape index (κ3) is 4.04. The molecule has 0 aliphatic heterocycles. The maximum absolute atomic E-state index is 13.8. The standard InChI is InChI=1S/C20H17Cl2FN3O2/c1-10(27)12-5-3-4-6-13(12)16-9-25-19(24)20(26-16)28-11(2)17-14(21)7-8-15(23)18(17)22/h3-11,27H,1H2,2H3,(H2,24,25). The molecule has 0 saturated carbocycles. The Hall–Kier alpha value is -2.41. The van der Waals surface area contributed by atoms with Gasteiger partial charge in [-0.2, -0.15) is 0 Å². The zero-order valence-corrected chi connectivity index (χ0v) is 16.4. The zero-order valence-electron chi connectivity index (χ0n) is 14.9. The molecule has 2 aromatic carbocycles. The number of aliphatic hydroxyl groups is 1. The van der Waals surface area contributed by atoms with E-state index >= 15 is 0 Å². The van der Waals surface area contributed by atoms with Crippen molar-refractivity contribution < 1.29 is 14.2 Å². The van der Waals surface area contributed by atoms with E-state index in [1.54, 1.807) is 31.2 Å². The van der Waals surface area contributed by atoms with Crippen molar-refractivity contribution in [1.82, 2.24) is 9.97 Å². The maximum atomic E-state index is 13.8. The minimum absolute atomic E-state index is 0.0368. The highest BCUT2D eigenvalue weighted by molar-refractivity contribution is 6.36. The van der Waals surface area contributed by atoms with Crippen molar-refractivity contribution in [2.75, 3.05) is 5.73 Å². The maximum Gasteiger partial charge on any atom is 0.258 e. The third-order valence-corrected chi connectivity index (χ3v) is 4.85. The molecule has 0 aliphatic rings. The van der Waals surface area contributed by atoms with Crippen molar-refractivity contribution in [3.8, 4) is 17.1 Å². The van der Waals surface area contributed by atoms with Crippen LogP contribution in [-0.4, -0.2) is 15.1 Å². The summed E-state index contributed by atoms with van der Waals surface area (Å²) in [5.41, 5.74) is 7.83. The van der Waals surface area contributed by atoms with Crippen LogP contribution in [0.5, 0.6) is 5.88 Å². The van der Waals surface area contributed by atoms with Gasteiger partial charge >= 0.3 is 0 Å². The summed E-state index contributed by atoms with van der Waals surface area (Å²) < 4.78 is 19.6. The first-order chi connectivity index (χ1) is 13.3. The van der Waals surface area contributed by atoms with Crippen LogP contribution in [0.1, 0.15) is 30.3 Å². The van der Waals surface area contributed by atoms with Gasteiger partial charge in [0.1, 0.15) is 11.9 Å². The number of anilines is 1. The smallest absolute Gasteiger partial charge is 0.258 e. The Bertz CT molecular complexity index is 1010. The molecule has 145 valence electrons. The molecule has 3 rings (SSSR count). The number of benzene rings is 2. The van der Waals surface area contributed by atoms with Crippen molar-refractivity contribution in [3.63, 3.8) is 0 Å². The Morgan fingerprint density at radius 3 is 2.64 bits per heavy atom. The van der Waals surface area contributed by atoms with Crippen molar-refractivity contribution in [2.45, 2.75) is 19.1 Å². The molecule has 0 saturated heterocycles. The van der Waals surface area contributed by atoms with E-state index in [0.29, 0.717) is 16.8 Å². The van der Waals surface area contributed by atoms with Gasteiger partial charge in [0, 0.05) is 16.1 Å². The third-order valence-electron chi connectivity index (χ3n) is 4.14. The minimum Gasteiger partial charge on any atom is -0.467 e. The number of aromatic nitrogens is 2. The van der Waals surface area contributed by atoms with Gasteiger partial charge in [0.15, 0.2) is 5.82 Å². The van der Waals surface area contributed by atoms with Gasteiger partial charge < -0.3 is 15.6 Å². The second-order valence-electron chi connectivity index (χ2n) is 6.07. The highest BCUT2D eigenvalue weighted by atomic mass is 35.5. The molecule has 0 bridgehead atoms. The molecule has 1 aromatic heterocycles. The van der Waals surface area contributed by atoms with Crippen LogP contribution in [0, 0.1) is 12.7 Å². The van der Waals surface area contributed by atoms with E-state index < -0.39 is 18.0 Å². The predicted molar refractivity (Wildman–Crippen MR) is 108 cm³/mol. The summed E-state index contributed by atoms with van der Waals surface area (Å²) in [6, 6.07) is 9.67. The SMILES string of the molecule is [CH2]C(O)c1ccccc1-c1cnc(N)c(OC(C)c2c(Cl)ccc(F)c2Cl)n1. The summed E-state index contributed by atoms with van der Waals surface area (Å²) in [5, 5.41) is 10.0. The highest BCUT2D eigenvalue weighted by Gasteiger charge is 2.21. The lowest BCUT2D eigenvalue weighted by Gasteiger charge is -2.19. The second kappa shape index (κ2) is 8.31. The van der Waals surface area contributed by atoms with Crippen molar-refractivity contribution in [3.05, 3.63) is 76.5 Å². The summed E-state index contributed by atoms with van der Waals surface area (Å²) in [4.78, 5) is 8.52. The summed E-state index contributed by atoms with van der Waals surface area (Å²) in [6.45, 7) is 5.28. The molecule has 3 aromatic rings. The van der Waals surface area contributed by atoms with Crippen LogP contribution in [-0.2, 0) is 0 Å². The molecule has 3 N–H and O–H groups in total. The summed E-state index contributed by atoms with van der Waals surface area (Å²) in [7, 11) is 0. The normalized spacial score (nSPS) is 13.2. The number of halogens is 3. The number of hydrogen-bond donors (Lipinski definition) is 2. The van der Waals surface area contributed by atoms with Crippen LogP contribution >= 0.6 is 23.2 Å². The number of nitrogens with two attached hydrogens (primary N) is 1. The van der Waals surface area contributed by atoms with E-state index in [9.17, 15) is 9.50 Å². The largest absolute Gasteiger partial charge is 0.467 e. The topological polar surface area (TPSA) is 81.3 Å². The number of rotatable bonds is 5. The molecule has 0 amide bonds. The van der Waals surface area contributed by atoms with E-state index in [-0.39, 0.29) is 27.3 Å². The Labute approximate surface area is 171 Å². The van der Waals surface area contributed by atoms with Gasteiger partial charge in [0.25, 0.3) is 5.88 Å². The zero-order chi connectivity index (χ0) is 20.4. The minimum atomic E-state index is -0.941. The van der Waals surface area contributed by atoms with Crippen molar-refractivity contribution >= 4 is 29.0 Å². The number of nitrogens with zero attached hydrogens (tertiary/aromatic N) is 2. The van der Waals surface area contributed by atoms with Crippen LogP contribution in [0.2, 0.25) is 10.0 Å².